The Hall–Kier alpha value is -1.46. The molecule has 0 heterocycles. The van der Waals surface area contributed by atoms with Crippen molar-refractivity contribution in [3.8, 4) is 11.1 Å². The summed E-state index contributed by atoms with van der Waals surface area (Å²) in [5.41, 5.74) is 9.27. The van der Waals surface area contributed by atoms with Crippen LogP contribution < -0.4 is 0 Å². The molecule has 1 atom stereocenters. The van der Waals surface area contributed by atoms with E-state index in [1.807, 2.05) is 0 Å². The maximum absolute atomic E-state index is 2.39. The SMILES string of the molecule is CC1=C(C2CCCC2)[CH]([Zr])c2cccc(-c3cccc4ccccc34)c21. The molecule has 3 aromatic carbocycles. The van der Waals surface area contributed by atoms with Gasteiger partial charge in [-0.1, -0.05) is 0 Å². The van der Waals surface area contributed by atoms with Gasteiger partial charge in [0.05, 0.1) is 0 Å². The third-order valence-corrected chi connectivity index (χ3v) is 7.93. The number of allylic oxidation sites excluding steroid dienone is 2. The molecule has 0 spiro atoms. The van der Waals surface area contributed by atoms with E-state index in [1.54, 1.807) is 41.4 Å². The van der Waals surface area contributed by atoms with Crippen molar-refractivity contribution < 1.29 is 24.7 Å². The van der Waals surface area contributed by atoms with Crippen LogP contribution >= 0.6 is 0 Å². The number of fused-ring (bicyclic) bond motifs is 2. The summed E-state index contributed by atoms with van der Waals surface area (Å²) in [5.74, 6) is 0.826. The van der Waals surface area contributed by atoms with Crippen LogP contribution in [0.2, 0.25) is 0 Å². The summed E-state index contributed by atoms with van der Waals surface area (Å²) >= 11 is 1.65. The van der Waals surface area contributed by atoms with Gasteiger partial charge < -0.3 is 0 Å². The second-order valence-electron chi connectivity index (χ2n) is 7.79. The van der Waals surface area contributed by atoms with Crippen LogP contribution in [0.15, 0.2) is 66.2 Å². The van der Waals surface area contributed by atoms with Gasteiger partial charge in [-0.2, -0.15) is 0 Å². The molecule has 0 amide bonds. The summed E-state index contributed by atoms with van der Waals surface area (Å²) in [6, 6.07) is 22.5. The van der Waals surface area contributed by atoms with Gasteiger partial charge >= 0.3 is 172 Å². The van der Waals surface area contributed by atoms with E-state index in [4.69, 9.17) is 0 Å². The molecule has 26 heavy (non-hydrogen) atoms. The molecule has 3 aromatic rings. The summed E-state index contributed by atoms with van der Waals surface area (Å²) in [4.78, 5) is 0. The molecule has 0 nitrogen and oxygen atoms in total. The van der Waals surface area contributed by atoms with Crippen molar-refractivity contribution in [3.05, 3.63) is 77.4 Å². The van der Waals surface area contributed by atoms with Crippen molar-refractivity contribution >= 4 is 16.3 Å². The first-order valence-corrected chi connectivity index (χ1v) is 11.2. The zero-order valence-corrected chi connectivity index (χ0v) is 17.7. The molecule has 2 aliphatic carbocycles. The van der Waals surface area contributed by atoms with Crippen LogP contribution in [0.5, 0.6) is 0 Å². The minimum absolute atomic E-state index is 0.662. The van der Waals surface area contributed by atoms with Crippen molar-refractivity contribution in [2.45, 2.75) is 36.2 Å². The third-order valence-electron chi connectivity index (χ3n) is 6.40. The quantitative estimate of drug-likeness (QED) is 0.420. The summed E-state index contributed by atoms with van der Waals surface area (Å²) in [6.07, 6.45) is 5.62. The molecule has 5 rings (SSSR count). The van der Waals surface area contributed by atoms with Crippen LogP contribution in [0.25, 0.3) is 27.5 Å². The minimum atomic E-state index is 0.662. The Kier molecular flexibility index (Phi) is 4.25. The van der Waals surface area contributed by atoms with Crippen LogP contribution in [-0.2, 0) is 24.7 Å². The van der Waals surface area contributed by atoms with Gasteiger partial charge in [0.1, 0.15) is 0 Å². The fourth-order valence-electron chi connectivity index (χ4n) is 5.22. The first-order chi connectivity index (χ1) is 12.8. The molecule has 1 saturated carbocycles. The van der Waals surface area contributed by atoms with Crippen molar-refractivity contribution in [2.75, 3.05) is 0 Å². The molecule has 127 valence electrons. The molecular formula is C25H23Zr. The molecule has 0 radical (unpaired) electrons. The van der Waals surface area contributed by atoms with E-state index in [1.165, 1.54) is 53.1 Å². The second-order valence-corrected chi connectivity index (χ2v) is 9.21. The van der Waals surface area contributed by atoms with Gasteiger partial charge in [0.25, 0.3) is 0 Å². The van der Waals surface area contributed by atoms with E-state index < -0.39 is 0 Å². The van der Waals surface area contributed by atoms with Crippen LogP contribution in [0.4, 0.5) is 0 Å². The number of rotatable bonds is 2. The monoisotopic (exact) mass is 413 g/mol. The van der Waals surface area contributed by atoms with Crippen molar-refractivity contribution in [1.82, 2.24) is 0 Å². The summed E-state index contributed by atoms with van der Waals surface area (Å²) in [7, 11) is 0. The first-order valence-electron chi connectivity index (χ1n) is 9.79. The van der Waals surface area contributed by atoms with E-state index in [9.17, 15) is 0 Å². The van der Waals surface area contributed by atoms with Gasteiger partial charge in [-0.05, 0) is 0 Å². The topological polar surface area (TPSA) is 0 Å². The fraction of sp³-hybridized carbons (Fsp3) is 0.280. The molecule has 0 aliphatic heterocycles. The Balaban J connectivity index is 1.75. The average Bonchev–Trinajstić information content (AvgIpc) is 3.28. The van der Waals surface area contributed by atoms with E-state index in [0.717, 1.165) is 5.92 Å². The summed E-state index contributed by atoms with van der Waals surface area (Å²) in [6.45, 7) is 2.39. The Bertz CT molecular complexity index is 1020. The number of benzene rings is 3. The van der Waals surface area contributed by atoms with Gasteiger partial charge in [0, 0.05) is 0 Å². The van der Waals surface area contributed by atoms with Crippen LogP contribution in [-0.4, -0.2) is 0 Å². The molecule has 1 heteroatoms. The van der Waals surface area contributed by atoms with Gasteiger partial charge in [-0.3, -0.25) is 0 Å². The van der Waals surface area contributed by atoms with Gasteiger partial charge in [0.2, 0.25) is 0 Å². The van der Waals surface area contributed by atoms with E-state index >= 15 is 0 Å². The molecule has 0 bridgehead atoms. The van der Waals surface area contributed by atoms with Crippen molar-refractivity contribution in [3.63, 3.8) is 0 Å². The van der Waals surface area contributed by atoms with Crippen LogP contribution in [0.1, 0.15) is 47.4 Å². The van der Waals surface area contributed by atoms with E-state index in [0.29, 0.717) is 3.63 Å². The number of hydrogen-bond donors (Lipinski definition) is 0. The van der Waals surface area contributed by atoms with E-state index in [2.05, 4.69) is 67.6 Å². The fourth-order valence-corrected chi connectivity index (χ4v) is 6.92. The predicted octanol–water partition coefficient (Wildman–Crippen LogP) is 7.07. The third kappa shape index (κ3) is 2.51. The average molecular weight is 415 g/mol. The Labute approximate surface area is 171 Å². The maximum atomic E-state index is 2.39. The Morgan fingerprint density at radius 3 is 2.35 bits per heavy atom. The Morgan fingerprint density at radius 2 is 1.50 bits per heavy atom. The zero-order chi connectivity index (χ0) is 17.7. The van der Waals surface area contributed by atoms with Crippen molar-refractivity contribution in [2.24, 2.45) is 5.92 Å². The summed E-state index contributed by atoms with van der Waals surface area (Å²) < 4.78 is 0.662. The van der Waals surface area contributed by atoms with Gasteiger partial charge in [-0.25, -0.2) is 0 Å². The normalized spacial score (nSPS) is 20.1. The molecule has 2 aliphatic rings. The Morgan fingerprint density at radius 1 is 0.808 bits per heavy atom. The predicted molar refractivity (Wildman–Crippen MR) is 107 cm³/mol. The first kappa shape index (κ1) is 16.7. The van der Waals surface area contributed by atoms with E-state index in [-0.39, 0.29) is 0 Å². The molecule has 0 aromatic heterocycles. The summed E-state index contributed by atoms with van der Waals surface area (Å²) in [5, 5.41) is 2.70. The molecule has 0 saturated heterocycles. The van der Waals surface area contributed by atoms with Crippen LogP contribution in [0, 0.1) is 5.92 Å². The van der Waals surface area contributed by atoms with Crippen molar-refractivity contribution in [1.29, 1.82) is 0 Å². The second kappa shape index (κ2) is 6.61. The molecule has 1 unspecified atom stereocenters. The molecule has 0 N–H and O–H groups in total. The number of hydrogen-bond acceptors (Lipinski definition) is 0. The van der Waals surface area contributed by atoms with Gasteiger partial charge in [-0.15, -0.1) is 0 Å². The molecular weight excluding hydrogens is 391 g/mol. The zero-order valence-electron chi connectivity index (χ0n) is 15.3. The standard InChI is InChI=1S/C25H23.Zr/c1-17-24(19-9-2-3-10-19)16-20-12-7-15-23(25(17)20)22-14-6-11-18-8-4-5-13-21(18)22;/h4-8,11-16,19H,2-3,9-10H2,1H3;. The van der Waals surface area contributed by atoms with Crippen LogP contribution in [0.3, 0.4) is 0 Å². The molecule has 1 fully saturated rings. The van der Waals surface area contributed by atoms with Gasteiger partial charge in [0.15, 0.2) is 0 Å².